The highest BCUT2D eigenvalue weighted by Crippen LogP contribution is 2.05. The molecule has 0 aromatic heterocycles. The lowest BCUT2D eigenvalue weighted by molar-refractivity contribution is 0.109. The average Bonchev–Trinajstić information content (AvgIpc) is 2.83. The molecule has 0 atom stereocenters. The lowest BCUT2D eigenvalue weighted by atomic mass is 10.1. The molecule has 0 aliphatic rings. The van der Waals surface area contributed by atoms with E-state index in [1.165, 1.54) is 11.1 Å². The van der Waals surface area contributed by atoms with Crippen molar-refractivity contribution in [3.8, 4) is 0 Å². The van der Waals surface area contributed by atoms with Gasteiger partial charge in [-0.3, -0.25) is 9.59 Å². The van der Waals surface area contributed by atoms with Gasteiger partial charge in [0.25, 0.3) is 0 Å². The first-order valence-electron chi connectivity index (χ1n) is 10.1. The molecule has 4 aromatic carbocycles. The molecule has 0 spiro atoms. The van der Waals surface area contributed by atoms with Crippen LogP contribution < -0.4 is 17.6 Å². The van der Waals surface area contributed by atoms with E-state index < -0.39 is 0 Å². The number of hydrogen-bond donors (Lipinski definition) is 3. The lowest BCUT2D eigenvalue weighted by Crippen LogP contribution is -1.87. The first kappa shape index (κ1) is 39.0. The minimum Gasteiger partial charge on any atom is -0.412 e. The Hall–Kier alpha value is -4.26. The molecular weight excluding hydrogens is 450 g/mol. The van der Waals surface area contributed by atoms with E-state index >= 15 is 0 Å². The first-order chi connectivity index (χ1) is 15.5. The number of nitrogens with two attached hydrogens (primary N) is 2. The Morgan fingerprint density at radius 1 is 0.528 bits per heavy atom. The molecule has 36 heavy (non-hydrogen) atoms. The van der Waals surface area contributed by atoms with E-state index in [-0.39, 0.29) is 42.2 Å². The van der Waals surface area contributed by atoms with Gasteiger partial charge in [-0.1, -0.05) is 111 Å². The fourth-order valence-corrected chi connectivity index (χ4v) is 2.29. The van der Waals surface area contributed by atoms with Crippen LogP contribution in [0.3, 0.4) is 0 Å². The highest BCUT2D eigenvalue weighted by atomic mass is 16.1. The van der Waals surface area contributed by atoms with Crippen molar-refractivity contribution in [2.45, 2.75) is 28.7 Å². The second kappa shape index (κ2) is 23.9. The van der Waals surface area contributed by atoms with Gasteiger partial charge in [-0.15, -0.1) is 0 Å². The van der Waals surface area contributed by atoms with E-state index in [0.29, 0.717) is 23.7 Å². The van der Waals surface area contributed by atoms with Crippen LogP contribution in [0.1, 0.15) is 62.4 Å². The molecule has 0 saturated heterocycles. The summed E-state index contributed by atoms with van der Waals surface area (Å²) in [6.45, 7) is 4.17. The zero-order valence-corrected chi connectivity index (χ0v) is 19.7. The number of nitrogen functional groups attached to an aromatic ring is 2. The summed E-state index contributed by atoms with van der Waals surface area (Å²) in [5, 5.41) is 0. The second-order valence-corrected chi connectivity index (χ2v) is 6.84. The average molecular weight is 516 g/mol. The quantitative estimate of drug-likeness (QED) is 0.179. The van der Waals surface area contributed by atoms with E-state index in [4.69, 9.17) is 11.5 Å². The van der Waals surface area contributed by atoms with Gasteiger partial charge in [-0.05, 0) is 38.1 Å². The molecule has 0 fully saturated rings. The standard InChI is InChI=1S/C8H6O2.2C7H8.C6H8N2.2CH4.H3N.H2O.11H2/c9-5-7-3-1-2-4-8(7)6-10;2*1-7-5-3-2-4-6-7;7-5-1-2-6(8)4-3-5;;;;;;;;;;;;;;;/h1-6H;2*2-6H,1H3;1-4H,7-8H2;2*1H4;1H3;1H2;11*1H. The monoisotopic (exact) mass is 516 g/mol. The Balaban J connectivity index is -0.0000000203. The van der Waals surface area contributed by atoms with Gasteiger partial charge < -0.3 is 23.1 Å². The third-order valence-electron chi connectivity index (χ3n) is 4.07. The Morgan fingerprint density at radius 2 is 0.778 bits per heavy atom. The molecule has 0 radical (unpaired) electrons. The first-order valence-corrected chi connectivity index (χ1v) is 10.1. The largest absolute Gasteiger partial charge is 0.412 e. The van der Waals surface area contributed by atoms with Crippen LogP contribution in [-0.4, -0.2) is 18.0 Å². The molecule has 0 heterocycles. The summed E-state index contributed by atoms with van der Waals surface area (Å²) in [6.07, 6.45) is 1.34. The van der Waals surface area contributed by atoms with Gasteiger partial charge in [0.05, 0.1) is 0 Å². The molecular formula is C30H65N3O3. The molecule has 6 heteroatoms. The molecule has 6 nitrogen and oxygen atoms in total. The zero-order chi connectivity index (χ0) is 23.6. The van der Waals surface area contributed by atoms with E-state index in [2.05, 4.69) is 38.1 Å². The Labute approximate surface area is 233 Å². The molecule has 218 valence electrons. The van der Waals surface area contributed by atoms with Gasteiger partial charge in [-0.2, -0.15) is 0 Å². The Bertz CT molecular complexity index is 991. The normalized spacial score (nSPS) is 7.83. The van der Waals surface area contributed by atoms with Crippen molar-refractivity contribution < 1.29 is 30.8 Å². The number of benzene rings is 4. The number of aldehydes is 2. The van der Waals surface area contributed by atoms with Crippen LogP contribution in [0.5, 0.6) is 0 Å². The molecule has 0 amide bonds. The van der Waals surface area contributed by atoms with Crippen LogP contribution in [0.4, 0.5) is 11.4 Å². The SMILES string of the molecule is C.C.Cc1ccccc1.Cc1ccccc1.N.Nc1ccc(N)cc1.O.O=Cc1ccccc1C=O.[HH].[HH].[HH].[HH].[HH].[HH].[HH].[HH].[HH].[HH].[HH]. The maximum atomic E-state index is 10.2. The maximum Gasteiger partial charge on any atom is 0.150 e. The molecule has 4 aromatic rings. The predicted octanol–water partition coefficient (Wildman–Crippen LogP) is 9.47. The number of aryl methyl sites for hydroxylation is 2. The molecule has 9 N–H and O–H groups in total. The lowest BCUT2D eigenvalue weighted by Gasteiger charge is -1.91. The molecule has 0 aliphatic carbocycles. The summed E-state index contributed by atoms with van der Waals surface area (Å²) in [7, 11) is 0. The van der Waals surface area contributed by atoms with Crippen molar-refractivity contribution in [1.82, 2.24) is 6.15 Å². The number of rotatable bonds is 2. The molecule has 0 unspecified atom stereocenters. The van der Waals surface area contributed by atoms with Crippen molar-refractivity contribution in [3.05, 3.63) is 131 Å². The van der Waals surface area contributed by atoms with Crippen molar-refractivity contribution in [1.29, 1.82) is 0 Å². The second-order valence-electron chi connectivity index (χ2n) is 6.84. The van der Waals surface area contributed by atoms with Crippen molar-refractivity contribution in [2.24, 2.45) is 0 Å². The smallest absolute Gasteiger partial charge is 0.150 e. The summed E-state index contributed by atoms with van der Waals surface area (Å²) in [5.41, 5.74) is 15.8. The fraction of sp³-hybridized carbons (Fsp3) is 0.133. The fourth-order valence-electron chi connectivity index (χ4n) is 2.29. The van der Waals surface area contributed by atoms with E-state index in [1.807, 2.05) is 36.4 Å². The number of carbonyl (C=O) groups excluding carboxylic acids is 2. The van der Waals surface area contributed by atoms with Crippen molar-refractivity contribution >= 4 is 23.9 Å². The minimum atomic E-state index is 0. The van der Waals surface area contributed by atoms with Crippen LogP contribution in [0.2, 0.25) is 0 Å². The number of carbonyl (C=O) groups is 2. The van der Waals surface area contributed by atoms with Gasteiger partial charge in [-0.25, -0.2) is 0 Å². The van der Waals surface area contributed by atoms with E-state index in [1.54, 1.807) is 48.5 Å². The summed E-state index contributed by atoms with van der Waals surface area (Å²) < 4.78 is 0. The van der Waals surface area contributed by atoms with E-state index in [0.717, 1.165) is 11.4 Å². The Kier molecular flexibility index (Phi) is 25.9. The van der Waals surface area contributed by atoms with Gasteiger partial charge >= 0.3 is 0 Å². The zero-order valence-electron chi connectivity index (χ0n) is 19.7. The summed E-state index contributed by atoms with van der Waals surface area (Å²) >= 11 is 0. The van der Waals surface area contributed by atoms with Gasteiger partial charge in [0, 0.05) is 38.2 Å². The minimum absolute atomic E-state index is 0. The maximum absolute atomic E-state index is 10.2. The predicted molar refractivity (Wildman–Crippen MR) is 180 cm³/mol. The van der Waals surface area contributed by atoms with Crippen LogP contribution in [-0.2, 0) is 0 Å². The molecule has 0 saturated carbocycles. The van der Waals surface area contributed by atoms with Gasteiger partial charge in [0.2, 0.25) is 0 Å². The van der Waals surface area contributed by atoms with Crippen molar-refractivity contribution in [3.63, 3.8) is 0 Å². The van der Waals surface area contributed by atoms with Gasteiger partial charge in [0.15, 0.2) is 12.6 Å². The van der Waals surface area contributed by atoms with E-state index in [9.17, 15) is 9.59 Å². The molecule has 0 aliphatic heterocycles. The summed E-state index contributed by atoms with van der Waals surface area (Å²) in [4.78, 5) is 20.5. The number of anilines is 2. The van der Waals surface area contributed by atoms with Gasteiger partial charge in [0.1, 0.15) is 0 Å². The topological polar surface area (TPSA) is 153 Å². The third-order valence-corrected chi connectivity index (χ3v) is 4.07. The van der Waals surface area contributed by atoms with Crippen LogP contribution >= 0.6 is 0 Å². The van der Waals surface area contributed by atoms with Crippen LogP contribution in [0.15, 0.2) is 109 Å². The summed E-state index contributed by atoms with van der Waals surface area (Å²) in [6, 6.07) is 34.3. The number of hydrogen-bond acceptors (Lipinski definition) is 5. The highest BCUT2D eigenvalue weighted by molar-refractivity contribution is 5.90. The molecule has 0 bridgehead atoms. The van der Waals surface area contributed by atoms with Crippen LogP contribution in [0, 0.1) is 13.8 Å². The Morgan fingerprint density at radius 3 is 0.972 bits per heavy atom. The summed E-state index contributed by atoms with van der Waals surface area (Å²) in [5.74, 6) is 0. The van der Waals surface area contributed by atoms with Crippen LogP contribution in [0.25, 0.3) is 0 Å². The molecule has 4 rings (SSSR count). The highest BCUT2D eigenvalue weighted by Gasteiger charge is 1.95. The third kappa shape index (κ3) is 18.2. The van der Waals surface area contributed by atoms with Crippen molar-refractivity contribution in [2.75, 3.05) is 11.5 Å².